The van der Waals surface area contributed by atoms with E-state index in [1.807, 2.05) is 39.5 Å². The number of amides is 2. The molecule has 0 radical (unpaired) electrons. The number of benzene rings is 1. The second kappa shape index (κ2) is 16.8. The van der Waals surface area contributed by atoms with E-state index in [0.29, 0.717) is 57.1 Å². The maximum atomic E-state index is 13.7. The third-order valence-electron chi connectivity index (χ3n) is 7.49. The van der Waals surface area contributed by atoms with Crippen LogP contribution in [-0.4, -0.2) is 77.0 Å². The van der Waals surface area contributed by atoms with Gasteiger partial charge in [0.15, 0.2) is 5.69 Å². The van der Waals surface area contributed by atoms with Crippen molar-refractivity contribution in [3.8, 4) is 0 Å². The van der Waals surface area contributed by atoms with Gasteiger partial charge >= 0.3 is 12.1 Å². The van der Waals surface area contributed by atoms with Gasteiger partial charge in [0, 0.05) is 44.8 Å². The number of hydrogen-bond donors (Lipinski definition) is 2. The normalized spacial score (nSPS) is 16.6. The number of carbonyl (C=O) groups excluding carboxylic acids is 2. The molecule has 2 N–H and O–H groups in total. The van der Waals surface area contributed by atoms with Gasteiger partial charge in [-0.2, -0.15) is 18.2 Å². The summed E-state index contributed by atoms with van der Waals surface area (Å²) in [5.41, 5.74) is -0.865. The Hall–Kier alpha value is -4.62. The number of halogens is 3. The number of carboxylic acid groups (broad SMARTS) is 1. The van der Waals surface area contributed by atoms with Crippen molar-refractivity contribution in [2.45, 2.75) is 60.1 Å². The number of anilines is 3. The number of pyridine rings is 1. The highest BCUT2D eigenvalue weighted by molar-refractivity contribution is 6.03. The minimum absolute atomic E-state index is 0.0358. The molecule has 4 heterocycles. The van der Waals surface area contributed by atoms with Crippen LogP contribution in [-0.2, 0) is 6.18 Å². The van der Waals surface area contributed by atoms with Crippen molar-refractivity contribution < 1.29 is 37.1 Å². The third kappa shape index (κ3) is 9.46. The van der Waals surface area contributed by atoms with E-state index in [0.717, 1.165) is 12.8 Å². The average molecular weight is 661 g/mol. The number of aromatic carboxylic acids is 1. The summed E-state index contributed by atoms with van der Waals surface area (Å²) in [5.74, 6) is -2.53. The molecule has 2 aliphatic heterocycles. The van der Waals surface area contributed by atoms with Crippen molar-refractivity contribution in [2.24, 2.45) is 5.92 Å². The predicted octanol–water partition coefficient (Wildman–Crippen LogP) is 6.68. The first-order chi connectivity index (χ1) is 22.5. The van der Waals surface area contributed by atoms with Gasteiger partial charge in [-0.25, -0.2) is 9.78 Å². The zero-order valence-electron chi connectivity index (χ0n) is 27.4. The molecule has 0 saturated carbocycles. The second-order valence-electron chi connectivity index (χ2n) is 10.7. The summed E-state index contributed by atoms with van der Waals surface area (Å²) >= 11 is 0. The molecule has 2 aliphatic rings. The Kier molecular flexibility index (Phi) is 13.2. The van der Waals surface area contributed by atoms with Crippen molar-refractivity contribution >= 4 is 35.3 Å². The van der Waals surface area contributed by atoms with Crippen molar-refractivity contribution in [1.29, 1.82) is 0 Å². The van der Waals surface area contributed by atoms with Crippen LogP contribution in [0.1, 0.15) is 90.8 Å². The van der Waals surface area contributed by atoms with Crippen LogP contribution in [0, 0.1) is 5.92 Å². The maximum Gasteiger partial charge on any atom is 0.437 e. The van der Waals surface area contributed by atoms with Crippen LogP contribution in [0.3, 0.4) is 0 Å². The van der Waals surface area contributed by atoms with Crippen LogP contribution in [0.5, 0.6) is 0 Å². The lowest BCUT2D eigenvalue weighted by Gasteiger charge is -2.29. The van der Waals surface area contributed by atoms with Gasteiger partial charge < -0.3 is 29.5 Å². The molecular weight excluding hydrogens is 617 g/mol. The Labute approximate surface area is 272 Å². The highest BCUT2D eigenvalue weighted by Crippen LogP contribution is 2.35. The summed E-state index contributed by atoms with van der Waals surface area (Å²) < 4.78 is 46.6. The van der Waals surface area contributed by atoms with Crippen molar-refractivity contribution in [3.05, 3.63) is 65.2 Å². The highest BCUT2D eigenvalue weighted by atomic mass is 19.4. The fourth-order valence-corrected chi connectivity index (χ4v) is 5.31. The van der Waals surface area contributed by atoms with E-state index in [-0.39, 0.29) is 29.1 Å². The van der Waals surface area contributed by atoms with Crippen molar-refractivity contribution in [3.63, 3.8) is 0 Å². The van der Waals surface area contributed by atoms with Gasteiger partial charge in [0.2, 0.25) is 5.76 Å². The van der Waals surface area contributed by atoms with Crippen LogP contribution in [0.2, 0.25) is 0 Å². The lowest BCUT2D eigenvalue weighted by molar-refractivity contribution is -0.141. The molecule has 2 fully saturated rings. The number of nitrogens with zero attached hydrogens (tertiary/aromatic N) is 5. The van der Waals surface area contributed by atoms with Crippen LogP contribution in [0.25, 0.3) is 0 Å². The molecule has 2 aromatic heterocycles. The molecule has 3 aromatic rings. The van der Waals surface area contributed by atoms with Crippen molar-refractivity contribution in [2.75, 3.05) is 54.4 Å². The molecule has 2 amide bonds. The highest BCUT2D eigenvalue weighted by Gasteiger charge is 2.42. The summed E-state index contributed by atoms with van der Waals surface area (Å²) in [4.78, 5) is 50.4. The van der Waals surface area contributed by atoms with E-state index in [4.69, 9.17) is 4.42 Å². The number of alkyl halides is 3. The van der Waals surface area contributed by atoms with Crippen LogP contribution in [0.4, 0.5) is 30.7 Å². The Morgan fingerprint density at radius 3 is 2.28 bits per heavy atom. The smallest absolute Gasteiger partial charge is 0.437 e. The standard InChI is InChI=1S/C29H31F3N6O5.2C2H6/c1-18-5-3-10-38(17-18)28-35-24(29(30,31)32)23(43-28)25(39)34-21-8-9-22(33-16-21)36-11-4-12-37(14-13-36)26(40)19-6-2-7-20(15-19)27(41)42;2*1-2/h2,6-9,15-16,18H,3-5,10-14,17H2,1H3,(H,34,39)(H,41,42);2*1-2H3. The molecule has 47 heavy (non-hydrogen) atoms. The van der Waals surface area contributed by atoms with Crippen LogP contribution >= 0.6 is 0 Å². The molecule has 11 nitrogen and oxygen atoms in total. The van der Waals surface area contributed by atoms with Crippen molar-refractivity contribution in [1.82, 2.24) is 14.9 Å². The number of nitrogens with one attached hydrogen (secondary N) is 1. The fourth-order valence-electron chi connectivity index (χ4n) is 5.31. The monoisotopic (exact) mass is 660 g/mol. The first-order valence-corrected chi connectivity index (χ1v) is 16.0. The SMILES string of the molecule is CC.CC.CC1CCCN(c2nc(C(F)(F)F)c(C(=O)Nc3ccc(N4CCCN(C(=O)c5cccc(C(=O)O)c5)CC4)nc3)o2)C1. The quantitative estimate of drug-likeness (QED) is 0.297. The zero-order valence-corrected chi connectivity index (χ0v) is 27.4. The molecule has 256 valence electrons. The summed E-state index contributed by atoms with van der Waals surface area (Å²) in [6, 6.07) is 8.84. The second-order valence-corrected chi connectivity index (χ2v) is 10.7. The third-order valence-corrected chi connectivity index (χ3v) is 7.49. The van der Waals surface area contributed by atoms with Gasteiger partial charge in [0.05, 0.1) is 17.4 Å². The van der Waals surface area contributed by atoms with Gasteiger partial charge in [-0.3, -0.25) is 9.59 Å². The zero-order chi connectivity index (χ0) is 34.7. The molecule has 1 unspecified atom stereocenters. The van der Waals surface area contributed by atoms with Gasteiger partial charge in [0.25, 0.3) is 17.8 Å². The van der Waals surface area contributed by atoms with E-state index in [9.17, 15) is 32.7 Å². The topological polar surface area (TPSA) is 132 Å². The molecular formula is C33H43F3N6O5. The Bertz CT molecular complexity index is 1490. The molecule has 5 rings (SSSR count). The van der Waals surface area contributed by atoms with Gasteiger partial charge in [0.1, 0.15) is 5.82 Å². The molecule has 0 spiro atoms. The number of carboxylic acids is 1. The first-order valence-electron chi connectivity index (χ1n) is 16.0. The Morgan fingerprint density at radius 2 is 1.64 bits per heavy atom. The summed E-state index contributed by atoms with van der Waals surface area (Å²) in [6.45, 7) is 12.9. The maximum absolute atomic E-state index is 13.7. The van der Waals surface area contributed by atoms with E-state index >= 15 is 0 Å². The molecule has 1 atom stereocenters. The van der Waals surface area contributed by atoms with Crippen LogP contribution < -0.4 is 15.1 Å². The number of oxazole rings is 1. The fraction of sp³-hybridized carbons (Fsp3) is 0.485. The number of carbonyl (C=O) groups is 3. The number of hydrogen-bond acceptors (Lipinski definition) is 8. The average Bonchev–Trinajstić information content (AvgIpc) is 3.41. The van der Waals surface area contributed by atoms with Gasteiger partial charge in [-0.1, -0.05) is 40.7 Å². The number of rotatable bonds is 6. The number of piperidine rings is 1. The van der Waals surface area contributed by atoms with Crippen LogP contribution in [0.15, 0.2) is 47.0 Å². The minimum Gasteiger partial charge on any atom is -0.478 e. The summed E-state index contributed by atoms with van der Waals surface area (Å²) in [5, 5.41) is 11.6. The lowest BCUT2D eigenvalue weighted by atomic mass is 10.0. The largest absolute Gasteiger partial charge is 0.478 e. The molecule has 0 aliphatic carbocycles. The Balaban J connectivity index is 0.00000144. The van der Waals surface area contributed by atoms with E-state index in [1.54, 1.807) is 21.9 Å². The van der Waals surface area contributed by atoms with Gasteiger partial charge in [-0.05, 0) is 55.5 Å². The van der Waals surface area contributed by atoms with Gasteiger partial charge in [-0.15, -0.1) is 0 Å². The molecule has 1 aromatic carbocycles. The summed E-state index contributed by atoms with van der Waals surface area (Å²) in [6.07, 6.45) is -1.16. The number of aromatic nitrogens is 2. The molecule has 2 saturated heterocycles. The predicted molar refractivity (Wildman–Crippen MR) is 173 cm³/mol. The summed E-state index contributed by atoms with van der Waals surface area (Å²) in [7, 11) is 0. The Morgan fingerprint density at radius 1 is 0.936 bits per heavy atom. The lowest BCUT2D eigenvalue weighted by Crippen LogP contribution is -2.35. The van der Waals surface area contributed by atoms with E-state index in [2.05, 4.69) is 15.3 Å². The first kappa shape index (κ1) is 36.8. The molecule has 0 bridgehead atoms. The molecule has 14 heteroatoms. The minimum atomic E-state index is -4.88. The van der Waals surface area contributed by atoms with E-state index in [1.165, 1.54) is 30.5 Å². The van der Waals surface area contributed by atoms with E-state index < -0.39 is 29.5 Å².